The number of hydrogen-bond acceptors (Lipinski definition) is 4. The van der Waals surface area contributed by atoms with E-state index in [0.29, 0.717) is 6.04 Å². The lowest BCUT2D eigenvalue weighted by atomic mass is 10.2. The van der Waals surface area contributed by atoms with E-state index >= 15 is 0 Å². The minimum Gasteiger partial charge on any atom is -0.383 e. The van der Waals surface area contributed by atoms with Crippen molar-refractivity contribution in [1.82, 2.24) is 15.2 Å². The van der Waals surface area contributed by atoms with Gasteiger partial charge in [-0.25, -0.2) is 0 Å². The van der Waals surface area contributed by atoms with Crippen LogP contribution in [0.4, 0.5) is 0 Å². The van der Waals surface area contributed by atoms with Crippen molar-refractivity contribution in [2.45, 2.75) is 45.3 Å². The molecule has 4 heteroatoms. The molecule has 112 valence electrons. The molecule has 1 unspecified atom stereocenters. The van der Waals surface area contributed by atoms with Gasteiger partial charge in [-0.1, -0.05) is 13.0 Å². The van der Waals surface area contributed by atoms with Gasteiger partial charge in [0.1, 0.15) is 0 Å². The first-order chi connectivity index (χ1) is 9.72. The van der Waals surface area contributed by atoms with Crippen LogP contribution in [0, 0.1) is 6.92 Å². The van der Waals surface area contributed by atoms with E-state index < -0.39 is 0 Å². The molecule has 0 saturated heterocycles. The molecule has 1 aromatic rings. The molecule has 0 amide bonds. The Morgan fingerprint density at radius 2 is 2.25 bits per heavy atom. The maximum absolute atomic E-state index is 5.40. The van der Waals surface area contributed by atoms with E-state index in [2.05, 4.69) is 34.3 Å². The van der Waals surface area contributed by atoms with Crippen molar-refractivity contribution >= 4 is 0 Å². The molecule has 4 nitrogen and oxygen atoms in total. The predicted molar refractivity (Wildman–Crippen MR) is 81.7 cm³/mol. The van der Waals surface area contributed by atoms with Crippen LogP contribution in [0.3, 0.4) is 0 Å². The van der Waals surface area contributed by atoms with Gasteiger partial charge in [0.2, 0.25) is 0 Å². The first-order valence-corrected chi connectivity index (χ1v) is 7.61. The number of hydrogen-bond donors (Lipinski definition) is 1. The zero-order valence-corrected chi connectivity index (χ0v) is 12.9. The Kier molecular flexibility index (Phi) is 5.95. The Balaban J connectivity index is 1.94. The molecule has 1 N–H and O–H groups in total. The highest BCUT2D eigenvalue weighted by molar-refractivity contribution is 5.10. The second kappa shape index (κ2) is 7.72. The topological polar surface area (TPSA) is 37.4 Å². The van der Waals surface area contributed by atoms with Gasteiger partial charge in [0.25, 0.3) is 0 Å². The lowest BCUT2D eigenvalue weighted by Gasteiger charge is -2.30. The summed E-state index contributed by atoms with van der Waals surface area (Å²) in [5.74, 6) is 0. The molecule has 0 bridgehead atoms. The summed E-state index contributed by atoms with van der Waals surface area (Å²) >= 11 is 0. The minimum absolute atomic E-state index is 0.410. The first-order valence-electron chi connectivity index (χ1n) is 7.61. The van der Waals surface area contributed by atoms with Gasteiger partial charge in [-0.15, -0.1) is 0 Å². The van der Waals surface area contributed by atoms with E-state index in [1.54, 1.807) is 7.11 Å². The largest absolute Gasteiger partial charge is 0.383 e. The normalized spacial score (nSPS) is 16.6. The quantitative estimate of drug-likeness (QED) is 0.749. The average molecular weight is 277 g/mol. The van der Waals surface area contributed by atoms with Crippen molar-refractivity contribution in [1.29, 1.82) is 0 Å². The molecule has 1 aliphatic carbocycles. The summed E-state index contributed by atoms with van der Waals surface area (Å²) in [6, 6.07) is 7.38. The molecule has 1 heterocycles. The molecule has 0 aromatic carbocycles. The number of ether oxygens (including phenoxy) is 1. The van der Waals surface area contributed by atoms with E-state index in [4.69, 9.17) is 4.74 Å². The Hall–Kier alpha value is -0.970. The molecule has 1 aromatic heterocycles. The van der Waals surface area contributed by atoms with Crippen LogP contribution in [0.1, 0.15) is 31.2 Å². The van der Waals surface area contributed by atoms with Gasteiger partial charge in [-0.2, -0.15) is 0 Å². The molecule has 20 heavy (non-hydrogen) atoms. The predicted octanol–water partition coefficient (Wildman–Crippen LogP) is 1.98. The third kappa shape index (κ3) is 4.85. The van der Waals surface area contributed by atoms with Gasteiger partial charge in [-0.3, -0.25) is 9.88 Å². The molecule has 1 fully saturated rings. The molecule has 2 rings (SSSR count). The van der Waals surface area contributed by atoms with Crippen molar-refractivity contribution < 1.29 is 4.74 Å². The zero-order chi connectivity index (χ0) is 14.4. The lowest BCUT2D eigenvalue weighted by molar-refractivity contribution is 0.0868. The van der Waals surface area contributed by atoms with Gasteiger partial charge in [0.15, 0.2) is 0 Å². The highest BCUT2D eigenvalue weighted by Gasteiger charge is 2.24. The summed E-state index contributed by atoms with van der Waals surface area (Å²) in [5.41, 5.74) is 2.22. The molecular weight excluding hydrogens is 250 g/mol. The summed E-state index contributed by atoms with van der Waals surface area (Å²) in [6.45, 7) is 7.91. The van der Waals surface area contributed by atoms with Crippen LogP contribution in [-0.2, 0) is 11.3 Å². The number of aryl methyl sites for hydroxylation is 1. The Labute approximate surface area is 122 Å². The molecule has 0 aliphatic heterocycles. The van der Waals surface area contributed by atoms with Gasteiger partial charge in [0, 0.05) is 38.0 Å². The number of rotatable bonds is 9. The highest BCUT2D eigenvalue weighted by Crippen LogP contribution is 2.19. The minimum atomic E-state index is 0.410. The summed E-state index contributed by atoms with van der Waals surface area (Å²) in [4.78, 5) is 7.05. The Morgan fingerprint density at radius 3 is 2.85 bits per heavy atom. The first kappa shape index (κ1) is 15.4. The maximum Gasteiger partial charge on any atom is 0.0630 e. The molecule has 1 aliphatic rings. The number of aromatic nitrogens is 1. The summed E-state index contributed by atoms with van der Waals surface area (Å²) in [7, 11) is 1.78. The smallest absolute Gasteiger partial charge is 0.0630 e. The summed E-state index contributed by atoms with van der Waals surface area (Å²) in [5, 5.41) is 3.61. The number of nitrogens with zero attached hydrogens (tertiary/aromatic N) is 2. The van der Waals surface area contributed by atoms with Crippen molar-refractivity contribution in [3.8, 4) is 0 Å². The van der Waals surface area contributed by atoms with Crippen molar-refractivity contribution in [2.24, 2.45) is 0 Å². The molecule has 1 atom stereocenters. The summed E-state index contributed by atoms with van der Waals surface area (Å²) in [6.07, 6.45) is 2.65. The third-order valence-electron chi connectivity index (χ3n) is 3.81. The Morgan fingerprint density at radius 1 is 1.45 bits per heavy atom. The number of pyridine rings is 1. The SMILES string of the molecule is CCN(Cc1cccc(C)n1)C(CNC1CC1)COC. The number of nitrogens with one attached hydrogen (secondary N) is 1. The molecule has 0 radical (unpaired) electrons. The number of likely N-dealkylation sites (N-methyl/N-ethyl adjacent to an activating group) is 1. The Bertz CT molecular complexity index is 406. The second-order valence-corrected chi connectivity index (χ2v) is 5.63. The van der Waals surface area contributed by atoms with Crippen molar-refractivity contribution in [3.05, 3.63) is 29.6 Å². The van der Waals surface area contributed by atoms with Crippen LogP contribution in [0.5, 0.6) is 0 Å². The van der Waals surface area contributed by atoms with Gasteiger partial charge >= 0.3 is 0 Å². The third-order valence-corrected chi connectivity index (χ3v) is 3.81. The fourth-order valence-corrected chi connectivity index (χ4v) is 2.47. The van der Waals surface area contributed by atoms with E-state index in [0.717, 1.165) is 43.7 Å². The van der Waals surface area contributed by atoms with Crippen molar-refractivity contribution in [3.63, 3.8) is 0 Å². The van der Waals surface area contributed by atoms with Crippen molar-refractivity contribution in [2.75, 3.05) is 26.8 Å². The van der Waals surface area contributed by atoms with Gasteiger partial charge in [-0.05, 0) is 38.4 Å². The second-order valence-electron chi connectivity index (χ2n) is 5.63. The van der Waals surface area contributed by atoms with Gasteiger partial charge in [0.05, 0.1) is 12.3 Å². The fourth-order valence-electron chi connectivity index (χ4n) is 2.47. The van der Waals surface area contributed by atoms with E-state index in [1.807, 2.05) is 13.0 Å². The standard InChI is InChI=1S/C16H27N3O/c1-4-19(11-15-7-5-6-13(2)18-15)16(12-20-3)10-17-14-8-9-14/h5-7,14,16-17H,4,8-12H2,1-3H3. The van der Waals surface area contributed by atoms with Crippen LogP contribution in [0.15, 0.2) is 18.2 Å². The number of methoxy groups -OCH3 is 1. The highest BCUT2D eigenvalue weighted by atomic mass is 16.5. The van der Waals surface area contributed by atoms with E-state index in [1.165, 1.54) is 12.8 Å². The molecule has 1 saturated carbocycles. The van der Waals surface area contributed by atoms with Crippen LogP contribution >= 0.6 is 0 Å². The van der Waals surface area contributed by atoms with Crippen LogP contribution < -0.4 is 5.32 Å². The van der Waals surface area contributed by atoms with E-state index in [-0.39, 0.29) is 0 Å². The molecular formula is C16H27N3O. The average Bonchev–Trinajstić information content (AvgIpc) is 3.25. The monoisotopic (exact) mass is 277 g/mol. The maximum atomic E-state index is 5.40. The van der Waals surface area contributed by atoms with Crippen LogP contribution in [0.25, 0.3) is 0 Å². The fraction of sp³-hybridized carbons (Fsp3) is 0.688. The van der Waals surface area contributed by atoms with Crippen LogP contribution in [-0.4, -0.2) is 48.8 Å². The summed E-state index contributed by atoms with van der Waals surface area (Å²) < 4.78 is 5.40. The zero-order valence-electron chi connectivity index (χ0n) is 12.9. The van der Waals surface area contributed by atoms with Gasteiger partial charge < -0.3 is 10.1 Å². The van der Waals surface area contributed by atoms with Crippen LogP contribution in [0.2, 0.25) is 0 Å². The molecule has 0 spiro atoms. The van der Waals surface area contributed by atoms with E-state index in [9.17, 15) is 0 Å². The lowest BCUT2D eigenvalue weighted by Crippen LogP contribution is -2.45.